The van der Waals surface area contributed by atoms with E-state index in [2.05, 4.69) is 54.1 Å². The van der Waals surface area contributed by atoms with Crippen LogP contribution in [0.5, 0.6) is 0 Å². The van der Waals surface area contributed by atoms with Crippen LogP contribution in [0.15, 0.2) is 43.9 Å². The van der Waals surface area contributed by atoms with Gasteiger partial charge in [0.05, 0.1) is 26.2 Å². The number of hydrogen-bond acceptors (Lipinski definition) is 10. The van der Waals surface area contributed by atoms with Gasteiger partial charge in [0.1, 0.15) is 0 Å². The molecule has 2 N–H and O–H groups in total. The van der Waals surface area contributed by atoms with E-state index in [0.29, 0.717) is 41.8 Å². The second kappa shape index (κ2) is 43.1. The predicted molar refractivity (Wildman–Crippen MR) is 310 cm³/mol. The second-order valence-electron chi connectivity index (χ2n) is 21.3. The van der Waals surface area contributed by atoms with Crippen molar-refractivity contribution < 1.29 is 33.0 Å². The monoisotopic (exact) mass is 1140 g/mol. The van der Waals surface area contributed by atoms with Crippen molar-refractivity contribution in [3.63, 3.8) is 0 Å². The molecule has 0 amide bonds. The minimum atomic E-state index is 0. The average molecular weight is 1140 g/mol. The van der Waals surface area contributed by atoms with Gasteiger partial charge in [-0.25, -0.2) is 10.5 Å². The fourth-order valence-electron chi connectivity index (χ4n) is 12.5. The fraction of sp³-hybridized carbons (Fsp3) is 0.828. The molecule has 3 saturated heterocycles. The van der Waals surface area contributed by atoms with E-state index >= 15 is 0 Å². The van der Waals surface area contributed by atoms with Crippen LogP contribution in [0.3, 0.4) is 0 Å². The molecular weight excluding hydrogens is 1050 g/mol. The summed E-state index contributed by atoms with van der Waals surface area (Å²) < 4.78 is 0. The Morgan fingerprint density at radius 2 is 0.770 bits per heavy atom. The molecule has 0 aromatic heterocycles. The minimum absolute atomic E-state index is 0. The third-order valence-corrected chi connectivity index (χ3v) is 16.1. The zero-order chi connectivity index (χ0) is 50.5. The van der Waals surface area contributed by atoms with E-state index in [4.69, 9.17) is 51.8 Å². The van der Waals surface area contributed by atoms with Crippen LogP contribution in [-0.4, -0.2) is 120 Å². The molecule has 4 saturated carbocycles. The molecule has 0 bridgehead atoms. The number of thiocyanates is 2. The average Bonchev–Trinajstić information content (AvgIpc) is 3.45. The predicted octanol–water partition coefficient (Wildman–Crippen LogP) is 12.9. The minimum Gasteiger partial charge on any atom is -0.696 e. The van der Waals surface area contributed by atoms with Gasteiger partial charge in [-0.1, -0.05) is 176 Å². The van der Waals surface area contributed by atoms with E-state index < -0.39 is 0 Å². The number of hydrogen-bond donors (Lipinski definition) is 2. The van der Waals surface area contributed by atoms with E-state index in [1.54, 1.807) is 0 Å². The quantitative estimate of drug-likeness (QED) is 0.0403. The van der Waals surface area contributed by atoms with Gasteiger partial charge in [0.2, 0.25) is 0 Å². The van der Waals surface area contributed by atoms with Gasteiger partial charge >= 0.3 is 0 Å². The molecule has 0 radical (unpaired) electrons. The van der Waals surface area contributed by atoms with Gasteiger partial charge in [0, 0.05) is 64.9 Å². The topological polar surface area (TPSA) is 177 Å². The third kappa shape index (κ3) is 25.8. The van der Waals surface area contributed by atoms with Crippen LogP contribution in [0.25, 0.3) is 21.3 Å². The molecule has 12 nitrogen and oxygen atoms in total. The van der Waals surface area contributed by atoms with Crippen molar-refractivity contribution in [2.75, 3.05) is 78.5 Å². The summed E-state index contributed by atoms with van der Waals surface area (Å²) >= 11 is 7.40. The molecule has 424 valence electrons. The standard InChI is InChI=1S/C28H49N5.C28H45N5.2CHNS.2Ni/c2*1-3-11-23(12-4-1)27(25-15-7-9-17-30-25)32-21-19-29-20-22-33-28(24-13-5-2-6-14-24)26-16-8-10-18-31-26;2*2-1-3;;/h23-26,29H,1-22H2;7,9,15,23-24,26,29H,1-6,8,10-14,16-22H2;2*3H;;/q2*-2;;;;/p-2. The number of piperidine rings is 3. The van der Waals surface area contributed by atoms with Crippen LogP contribution in [0.4, 0.5) is 0 Å². The number of aliphatic imine (C=N–C) groups is 4. The third-order valence-electron chi connectivity index (χ3n) is 16.1. The Balaban J connectivity index is 0.000000344. The first-order valence-electron chi connectivity index (χ1n) is 29.3. The van der Waals surface area contributed by atoms with Crippen LogP contribution < -0.4 is 10.6 Å². The zero-order valence-corrected chi connectivity index (χ0v) is 48.8. The number of rotatable bonds is 20. The van der Waals surface area contributed by atoms with Gasteiger partial charge < -0.3 is 57.2 Å². The van der Waals surface area contributed by atoms with Crippen molar-refractivity contribution in [3.8, 4) is 10.8 Å². The van der Waals surface area contributed by atoms with Crippen LogP contribution in [0, 0.1) is 45.0 Å². The molecule has 8 rings (SSSR count). The van der Waals surface area contributed by atoms with Gasteiger partial charge in [0.15, 0.2) is 0 Å². The second-order valence-corrected chi connectivity index (χ2v) is 21.6. The molecule has 4 aliphatic heterocycles. The fourth-order valence-corrected chi connectivity index (χ4v) is 12.5. The van der Waals surface area contributed by atoms with Gasteiger partial charge in [-0.05, 0) is 92.2 Å². The Morgan fingerprint density at radius 3 is 1.07 bits per heavy atom. The maximum absolute atomic E-state index is 7.13. The Kier molecular flexibility index (Phi) is 38.7. The van der Waals surface area contributed by atoms with Gasteiger partial charge in [0.25, 0.3) is 0 Å². The molecule has 3 atom stereocenters. The summed E-state index contributed by atoms with van der Waals surface area (Å²) in [6, 6.07) is 1.25. The summed E-state index contributed by atoms with van der Waals surface area (Å²) in [6.45, 7) is 11.2. The van der Waals surface area contributed by atoms with Crippen LogP contribution >= 0.6 is 0 Å². The zero-order valence-electron chi connectivity index (χ0n) is 45.2. The summed E-state index contributed by atoms with van der Waals surface area (Å²) in [5, 5.41) is 43.8. The first-order valence-corrected chi connectivity index (χ1v) is 30.1. The molecule has 4 aliphatic carbocycles. The SMILES string of the molecule is C1=CC[N-]C(C(=NCCNCCN=C(C2CCCCC2)C2CCCC[N-]2)C2CCCCC2)=C1.C1CCC(C(=NCCNCCN=C(C2CCCCC2)C2CCCC[N-]2)C2CCCC[N-]2)CC1.N#C[S-].N#C[S-].[Ni].[Ni]. The summed E-state index contributed by atoms with van der Waals surface area (Å²) in [6.07, 6.45) is 44.9. The van der Waals surface area contributed by atoms with Gasteiger partial charge in [-0.2, -0.15) is 0 Å². The Morgan fingerprint density at radius 1 is 0.459 bits per heavy atom. The maximum Gasteiger partial charge on any atom is 0.0517 e. The Labute approximate surface area is 481 Å². The smallest absolute Gasteiger partial charge is 0.0517 e. The van der Waals surface area contributed by atoms with Gasteiger partial charge in [-0.3, -0.25) is 20.0 Å². The van der Waals surface area contributed by atoms with Gasteiger partial charge in [-0.15, -0.1) is 38.0 Å². The summed E-state index contributed by atoms with van der Waals surface area (Å²) in [7, 11) is 0. The molecular formula is C58H94N12Ni2S2-6. The van der Waals surface area contributed by atoms with Crippen molar-refractivity contribution in [2.24, 2.45) is 43.6 Å². The Bertz CT molecular complexity index is 1600. The van der Waals surface area contributed by atoms with Crippen molar-refractivity contribution in [3.05, 3.63) is 45.2 Å². The Hall–Kier alpha value is -1.83. The first kappa shape index (κ1) is 66.4. The number of nitriles is 2. The molecule has 8 aliphatic rings. The van der Waals surface area contributed by atoms with E-state index in [-0.39, 0.29) is 33.0 Å². The summed E-state index contributed by atoms with van der Waals surface area (Å²) in [5.41, 5.74) is 6.73. The van der Waals surface area contributed by atoms with Crippen molar-refractivity contribution >= 4 is 48.1 Å². The molecule has 7 fully saturated rings. The molecule has 0 spiro atoms. The number of nitrogens with one attached hydrogen (secondary N) is 2. The normalized spacial score (nSPS) is 24.9. The van der Waals surface area contributed by atoms with E-state index in [1.807, 2.05) is 0 Å². The van der Waals surface area contributed by atoms with E-state index in [1.165, 1.54) is 220 Å². The number of nitrogens with zero attached hydrogens (tertiary/aromatic N) is 10. The number of allylic oxidation sites excluding steroid dienone is 3. The molecule has 4 heterocycles. The molecule has 74 heavy (non-hydrogen) atoms. The molecule has 0 aromatic carbocycles. The van der Waals surface area contributed by atoms with Crippen molar-refractivity contribution in [1.82, 2.24) is 10.6 Å². The summed E-state index contributed by atoms with van der Waals surface area (Å²) in [5.74, 6) is 2.69. The molecule has 16 heteroatoms. The molecule has 0 aromatic rings. The first-order chi connectivity index (χ1) is 35.7. The van der Waals surface area contributed by atoms with Crippen LogP contribution in [-0.2, 0) is 58.2 Å². The largest absolute Gasteiger partial charge is 0.696 e. The summed E-state index contributed by atoms with van der Waals surface area (Å²) in [4.78, 5) is 20.5. The van der Waals surface area contributed by atoms with E-state index in [0.717, 1.165) is 84.2 Å². The van der Waals surface area contributed by atoms with Crippen molar-refractivity contribution in [1.29, 1.82) is 10.5 Å². The van der Waals surface area contributed by atoms with Crippen LogP contribution in [0.2, 0.25) is 0 Å². The van der Waals surface area contributed by atoms with E-state index in [9.17, 15) is 0 Å². The van der Waals surface area contributed by atoms with Crippen LogP contribution in [0.1, 0.15) is 186 Å². The molecule has 3 unspecified atom stereocenters. The maximum atomic E-state index is 7.13. The van der Waals surface area contributed by atoms with Crippen molar-refractivity contribution in [2.45, 2.75) is 204 Å².